The van der Waals surface area contributed by atoms with Crippen LogP contribution < -0.4 is 5.43 Å². The molecular weight excluding hydrogens is 348 g/mol. The summed E-state index contributed by atoms with van der Waals surface area (Å²) in [7, 11) is 0. The largest absolute Gasteiger partial charge is 0.477 e. The van der Waals surface area contributed by atoms with Gasteiger partial charge in [0.2, 0.25) is 0 Å². The average Bonchev–Trinajstić information content (AvgIpc) is 3.04. The van der Waals surface area contributed by atoms with Gasteiger partial charge in [-0.15, -0.1) is 11.3 Å². The normalized spacial score (nSPS) is 11.4. The molecule has 0 aliphatic heterocycles. The maximum Gasteiger partial charge on any atom is 0.345 e. The summed E-state index contributed by atoms with van der Waals surface area (Å²) in [4.78, 5) is 23.3. The van der Waals surface area contributed by atoms with Crippen LogP contribution in [-0.2, 0) is 0 Å². The van der Waals surface area contributed by atoms with Gasteiger partial charge in [-0.25, -0.2) is 10.2 Å². The molecule has 2 aromatic heterocycles. The van der Waals surface area contributed by atoms with E-state index in [2.05, 4.69) is 26.5 Å². The molecule has 2 rings (SSSR count). The van der Waals surface area contributed by atoms with Crippen molar-refractivity contribution in [3.8, 4) is 0 Å². The molecule has 0 aliphatic rings. The molecule has 0 bridgehead atoms. The van der Waals surface area contributed by atoms with E-state index in [4.69, 9.17) is 9.52 Å². The van der Waals surface area contributed by atoms with E-state index >= 15 is 0 Å². The second-order valence-electron chi connectivity index (χ2n) is 3.71. The summed E-state index contributed by atoms with van der Waals surface area (Å²) in [5, 5.41) is 12.7. The Balaban J connectivity index is 2.06. The molecule has 2 N–H and O–H groups in total. The number of carbonyl (C=O) groups excluding carboxylic acids is 1. The van der Waals surface area contributed by atoms with E-state index < -0.39 is 11.9 Å². The summed E-state index contributed by atoms with van der Waals surface area (Å²) in [6, 6.07) is 6.25. The zero-order valence-corrected chi connectivity index (χ0v) is 12.6. The van der Waals surface area contributed by atoms with E-state index in [0.29, 0.717) is 15.3 Å². The monoisotopic (exact) mass is 356 g/mol. The van der Waals surface area contributed by atoms with Crippen LogP contribution in [0, 0.1) is 0 Å². The lowest BCUT2D eigenvalue weighted by Crippen LogP contribution is -2.18. The quantitative estimate of drug-likeness (QED) is 0.650. The van der Waals surface area contributed by atoms with E-state index in [9.17, 15) is 9.59 Å². The number of hydrogen-bond donors (Lipinski definition) is 2. The second-order valence-corrected chi connectivity index (χ2v) is 5.58. The number of aromatic carboxylic acids is 1. The number of halogens is 1. The third-order valence-corrected chi connectivity index (χ3v) is 3.90. The molecule has 2 heterocycles. The van der Waals surface area contributed by atoms with Gasteiger partial charge in [-0.1, -0.05) is 0 Å². The third kappa shape index (κ3) is 3.34. The highest BCUT2D eigenvalue weighted by atomic mass is 79.9. The van der Waals surface area contributed by atoms with Gasteiger partial charge < -0.3 is 9.52 Å². The van der Waals surface area contributed by atoms with Gasteiger partial charge in [-0.05, 0) is 47.1 Å². The van der Waals surface area contributed by atoms with E-state index in [1.807, 2.05) is 0 Å². The van der Waals surface area contributed by atoms with Gasteiger partial charge in [0, 0.05) is 0 Å². The van der Waals surface area contributed by atoms with E-state index in [1.165, 1.54) is 12.1 Å². The predicted molar refractivity (Wildman–Crippen MR) is 77.4 cm³/mol. The number of rotatable bonds is 4. The molecule has 0 fully saturated rings. The lowest BCUT2D eigenvalue weighted by atomic mass is 10.3. The molecule has 0 saturated heterocycles. The number of carboxylic acids is 1. The zero-order valence-electron chi connectivity index (χ0n) is 10.2. The second kappa shape index (κ2) is 6.02. The minimum Gasteiger partial charge on any atom is -0.477 e. The van der Waals surface area contributed by atoms with Crippen molar-refractivity contribution in [3.05, 3.63) is 44.4 Å². The number of hydrogen-bond acceptors (Lipinski definition) is 5. The number of carboxylic acid groups (broad SMARTS) is 1. The first-order valence-corrected chi connectivity index (χ1v) is 7.02. The van der Waals surface area contributed by atoms with E-state index in [0.717, 1.165) is 11.3 Å². The molecule has 0 radical (unpaired) electrons. The molecule has 2 aromatic rings. The topological polar surface area (TPSA) is 91.9 Å². The van der Waals surface area contributed by atoms with Gasteiger partial charge in [-0.3, -0.25) is 4.79 Å². The predicted octanol–water partition coefficient (Wildman–Crippen LogP) is 2.96. The van der Waals surface area contributed by atoms with Crippen molar-refractivity contribution in [2.24, 2.45) is 5.10 Å². The van der Waals surface area contributed by atoms with Crippen molar-refractivity contribution in [2.45, 2.75) is 6.92 Å². The van der Waals surface area contributed by atoms with Crippen molar-refractivity contribution >= 4 is 44.9 Å². The fraction of sp³-hybridized carbons (Fsp3) is 0.0833. The van der Waals surface area contributed by atoms with Gasteiger partial charge in [-0.2, -0.15) is 5.10 Å². The Hall–Kier alpha value is -1.93. The zero-order chi connectivity index (χ0) is 14.7. The van der Waals surface area contributed by atoms with Crippen LogP contribution in [0.5, 0.6) is 0 Å². The van der Waals surface area contributed by atoms with Crippen molar-refractivity contribution in [1.29, 1.82) is 0 Å². The maximum absolute atomic E-state index is 11.7. The Labute approximate surface area is 126 Å². The van der Waals surface area contributed by atoms with Crippen LogP contribution in [0.1, 0.15) is 32.0 Å². The molecule has 0 unspecified atom stereocenters. The summed E-state index contributed by atoms with van der Waals surface area (Å²) in [6.07, 6.45) is 0. The molecule has 20 heavy (non-hydrogen) atoms. The fourth-order valence-electron chi connectivity index (χ4n) is 1.33. The molecule has 0 atom stereocenters. The summed E-state index contributed by atoms with van der Waals surface area (Å²) < 4.78 is 5.53. The van der Waals surface area contributed by atoms with E-state index in [1.54, 1.807) is 19.1 Å². The van der Waals surface area contributed by atoms with E-state index in [-0.39, 0.29) is 10.6 Å². The van der Waals surface area contributed by atoms with Crippen LogP contribution in [0.15, 0.2) is 38.5 Å². The first-order valence-electron chi connectivity index (χ1n) is 5.41. The van der Waals surface area contributed by atoms with Crippen LogP contribution in [0.2, 0.25) is 0 Å². The summed E-state index contributed by atoms with van der Waals surface area (Å²) in [5.41, 5.74) is 2.86. The number of thiophene rings is 1. The lowest BCUT2D eigenvalue weighted by Gasteiger charge is -1.98. The standard InChI is InChI=1S/C12H9BrN2O4S/c1-6(8-3-4-9(20-8)12(17)18)14-15-11(16)7-2-5-10(13)19-7/h2-5H,1H3,(H,15,16)(H,17,18). The molecule has 8 heteroatoms. The van der Waals surface area contributed by atoms with Gasteiger partial charge >= 0.3 is 11.9 Å². The van der Waals surface area contributed by atoms with Gasteiger partial charge in [0.15, 0.2) is 10.4 Å². The Morgan fingerprint density at radius 3 is 2.55 bits per heavy atom. The molecule has 0 aliphatic carbocycles. The number of nitrogens with one attached hydrogen (secondary N) is 1. The van der Waals surface area contributed by atoms with Crippen LogP contribution in [-0.4, -0.2) is 22.7 Å². The fourth-order valence-corrected chi connectivity index (χ4v) is 2.42. The molecule has 0 aromatic carbocycles. The first kappa shape index (κ1) is 14.5. The van der Waals surface area contributed by atoms with Crippen LogP contribution in [0.4, 0.5) is 0 Å². The summed E-state index contributed by atoms with van der Waals surface area (Å²) in [6.45, 7) is 1.68. The Bertz CT molecular complexity index is 689. The van der Waals surface area contributed by atoms with Gasteiger partial charge in [0.05, 0.1) is 10.6 Å². The number of furan rings is 1. The highest BCUT2D eigenvalue weighted by Gasteiger charge is 2.11. The summed E-state index contributed by atoms with van der Waals surface area (Å²) in [5.74, 6) is -1.34. The Morgan fingerprint density at radius 1 is 1.30 bits per heavy atom. The maximum atomic E-state index is 11.7. The van der Waals surface area contributed by atoms with Gasteiger partial charge in [0.1, 0.15) is 4.88 Å². The highest BCUT2D eigenvalue weighted by Crippen LogP contribution is 2.17. The number of amides is 1. The molecule has 6 nitrogen and oxygen atoms in total. The van der Waals surface area contributed by atoms with Gasteiger partial charge in [0.25, 0.3) is 0 Å². The van der Waals surface area contributed by atoms with Crippen molar-refractivity contribution in [1.82, 2.24) is 5.43 Å². The Kier molecular flexibility index (Phi) is 4.35. The molecule has 1 amide bonds. The smallest absolute Gasteiger partial charge is 0.345 e. The van der Waals surface area contributed by atoms with Crippen LogP contribution >= 0.6 is 27.3 Å². The van der Waals surface area contributed by atoms with Crippen LogP contribution in [0.3, 0.4) is 0 Å². The van der Waals surface area contributed by atoms with Crippen molar-refractivity contribution in [3.63, 3.8) is 0 Å². The first-order chi connectivity index (χ1) is 9.47. The lowest BCUT2D eigenvalue weighted by molar-refractivity contribution is 0.0702. The SMILES string of the molecule is CC(=NNC(=O)c1ccc(Br)o1)c1ccc(C(=O)O)s1. The summed E-state index contributed by atoms with van der Waals surface area (Å²) >= 11 is 4.19. The minimum atomic E-state index is -0.987. The number of carbonyl (C=O) groups is 2. The number of nitrogens with zero attached hydrogens (tertiary/aromatic N) is 1. The van der Waals surface area contributed by atoms with Crippen molar-refractivity contribution in [2.75, 3.05) is 0 Å². The molecule has 0 saturated carbocycles. The van der Waals surface area contributed by atoms with Crippen molar-refractivity contribution < 1.29 is 19.1 Å². The average molecular weight is 357 g/mol. The Morgan fingerprint density at radius 2 is 2.00 bits per heavy atom. The molecule has 0 spiro atoms. The molecular formula is C12H9BrN2O4S. The third-order valence-electron chi connectivity index (χ3n) is 2.30. The minimum absolute atomic E-state index is 0.130. The molecule has 104 valence electrons. The number of hydrazone groups is 1. The van der Waals surface area contributed by atoms with Crippen LogP contribution in [0.25, 0.3) is 0 Å². The highest BCUT2D eigenvalue weighted by molar-refractivity contribution is 9.10.